The second-order valence-electron chi connectivity index (χ2n) is 6.81. The molecule has 4 amide bonds. The maximum Gasteiger partial charge on any atom is 0.335 e. The number of methoxy groups -OCH3 is 2. The first-order valence-electron chi connectivity index (χ1n) is 9.09. The van der Waals surface area contributed by atoms with Gasteiger partial charge in [0.25, 0.3) is 11.8 Å². The summed E-state index contributed by atoms with van der Waals surface area (Å²) >= 11 is 0. The smallest absolute Gasteiger partial charge is 0.335 e. The van der Waals surface area contributed by atoms with Crippen LogP contribution in [0.15, 0.2) is 48.0 Å². The fraction of sp³-hybridized carbons (Fsp3) is 0.227. The molecule has 0 aliphatic carbocycles. The summed E-state index contributed by atoms with van der Waals surface area (Å²) in [5, 5.41) is 2.22. The van der Waals surface area contributed by atoms with Crippen molar-refractivity contribution in [2.75, 3.05) is 19.1 Å². The van der Waals surface area contributed by atoms with Gasteiger partial charge in [-0.3, -0.25) is 14.9 Å². The molecule has 3 rings (SSSR count). The molecule has 0 spiro atoms. The maximum absolute atomic E-state index is 13.0. The molecule has 150 valence electrons. The maximum atomic E-state index is 13.0. The van der Waals surface area contributed by atoms with Crippen LogP contribution in [0.25, 0.3) is 6.08 Å². The Morgan fingerprint density at radius 3 is 2.24 bits per heavy atom. The number of nitrogens with zero attached hydrogens (tertiary/aromatic N) is 1. The van der Waals surface area contributed by atoms with Crippen molar-refractivity contribution in [2.45, 2.75) is 19.8 Å². The zero-order valence-electron chi connectivity index (χ0n) is 16.7. The minimum absolute atomic E-state index is 0.177. The lowest BCUT2D eigenvalue weighted by molar-refractivity contribution is -0.122. The first-order chi connectivity index (χ1) is 13.8. The number of hydrogen-bond donors (Lipinski definition) is 1. The third-order valence-corrected chi connectivity index (χ3v) is 4.66. The molecule has 2 aromatic carbocycles. The Kier molecular flexibility index (Phi) is 5.68. The number of ether oxygens (including phenoxy) is 2. The highest BCUT2D eigenvalue weighted by molar-refractivity contribution is 6.39. The van der Waals surface area contributed by atoms with Gasteiger partial charge in [0.2, 0.25) is 0 Å². The second kappa shape index (κ2) is 8.18. The van der Waals surface area contributed by atoms with Gasteiger partial charge < -0.3 is 9.47 Å². The van der Waals surface area contributed by atoms with E-state index in [4.69, 9.17) is 9.47 Å². The van der Waals surface area contributed by atoms with Crippen LogP contribution in [0.5, 0.6) is 11.5 Å². The van der Waals surface area contributed by atoms with Crippen LogP contribution in [0.2, 0.25) is 0 Å². The number of urea groups is 1. The van der Waals surface area contributed by atoms with E-state index in [1.54, 1.807) is 30.3 Å². The molecule has 1 aliphatic heterocycles. The topological polar surface area (TPSA) is 84.9 Å². The lowest BCUT2D eigenvalue weighted by atomic mass is 10.0. The van der Waals surface area contributed by atoms with Crippen LogP contribution in [-0.4, -0.2) is 32.1 Å². The molecule has 1 aliphatic rings. The summed E-state index contributed by atoms with van der Waals surface area (Å²) in [6.07, 6.45) is 1.39. The van der Waals surface area contributed by atoms with Crippen molar-refractivity contribution in [1.82, 2.24) is 5.32 Å². The largest absolute Gasteiger partial charge is 0.497 e. The summed E-state index contributed by atoms with van der Waals surface area (Å²) in [4.78, 5) is 38.7. The van der Waals surface area contributed by atoms with Crippen molar-refractivity contribution >= 4 is 29.6 Å². The predicted octanol–water partition coefficient (Wildman–Crippen LogP) is 3.49. The molecule has 2 aromatic rings. The minimum atomic E-state index is -0.785. The molecule has 1 N–H and O–H groups in total. The number of nitrogens with one attached hydrogen (secondary N) is 1. The van der Waals surface area contributed by atoms with E-state index in [1.165, 1.54) is 20.3 Å². The zero-order chi connectivity index (χ0) is 21.1. The van der Waals surface area contributed by atoms with Crippen LogP contribution >= 0.6 is 0 Å². The molecule has 7 nitrogen and oxygen atoms in total. The average Bonchev–Trinajstić information content (AvgIpc) is 2.71. The first kappa shape index (κ1) is 20.1. The Morgan fingerprint density at radius 1 is 0.966 bits per heavy atom. The molecule has 0 saturated carbocycles. The molecule has 0 bridgehead atoms. The summed E-state index contributed by atoms with van der Waals surface area (Å²) in [6, 6.07) is 11.3. The molecule has 1 saturated heterocycles. The Morgan fingerprint density at radius 2 is 1.66 bits per heavy atom. The van der Waals surface area contributed by atoms with Crippen molar-refractivity contribution in [3.8, 4) is 11.5 Å². The van der Waals surface area contributed by atoms with E-state index >= 15 is 0 Å². The van der Waals surface area contributed by atoms with E-state index in [-0.39, 0.29) is 5.57 Å². The van der Waals surface area contributed by atoms with Gasteiger partial charge in [0.15, 0.2) is 0 Å². The Bertz CT molecular complexity index is 993. The van der Waals surface area contributed by atoms with Crippen LogP contribution in [0, 0.1) is 0 Å². The van der Waals surface area contributed by atoms with Crippen molar-refractivity contribution in [2.24, 2.45) is 0 Å². The number of hydrogen-bond acceptors (Lipinski definition) is 5. The van der Waals surface area contributed by atoms with Gasteiger partial charge in [-0.2, -0.15) is 0 Å². The Hall–Kier alpha value is -3.61. The highest BCUT2D eigenvalue weighted by atomic mass is 16.5. The lowest BCUT2D eigenvalue weighted by Crippen LogP contribution is -2.54. The molecule has 7 heteroatoms. The third kappa shape index (κ3) is 3.99. The van der Waals surface area contributed by atoms with E-state index < -0.39 is 17.8 Å². The zero-order valence-corrected chi connectivity index (χ0v) is 16.7. The molecular weight excluding hydrogens is 372 g/mol. The Balaban J connectivity index is 2.02. The summed E-state index contributed by atoms with van der Waals surface area (Å²) in [5.41, 5.74) is 1.76. The van der Waals surface area contributed by atoms with Crippen LogP contribution in [0.1, 0.15) is 30.9 Å². The van der Waals surface area contributed by atoms with Crippen LogP contribution in [0.4, 0.5) is 10.5 Å². The summed E-state index contributed by atoms with van der Waals surface area (Å²) in [6.45, 7) is 4.10. The van der Waals surface area contributed by atoms with Crippen LogP contribution in [-0.2, 0) is 9.59 Å². The van der Waals surface area contributed by atoms with Gasteiger partial charge in [0.1, 0.15) is 17.1 Å². The highest BCUT2D eigenvalue weighted by Gasteiger charge is 2.37. The van der Waals surface area contributed by atoms with Gasteiger partial charge in [0.05, 0.1) is 19.9 Å². The van der Waals surface area contributed by atoms with Crippen LogP contribution in [0.3, 0.4) is 0 Å². The molecular formula is C22H22N2O5. The van der Waals surface area contributed by atoms with E-state index in [0.29, 0.717) is 28.7 Å². The lowest BCUT2D eigenvalue weighted by Gasteiger charge is -2.26. The molecule has 29 heavy (non-hydrogen) atoms. The minimum Gasteiger partial charge on any atom is -0.497 e. The third-order valence-electron chi connectivity index (χ3n) is 4.66. The summed E-state index contributed by atoms with van der Waals surface area (Å²) in [7, 11) is 3.00. The van der Waals surface area contributed by atoms with Gasteiger partial charge in [-0.05, 0) is 47.9 Å². The molecule has 1 heterocycles. The number of carbonyl (C=O) groups excluding carboxylic acids is 3. The molecule has 0 unspecified atom stereocenters. The van der Waals surface area contributed by atoms with Crippen LogP contribution < -0.4 is 19.7 Å². The van der Waals surface area contributed by atoms with Gasteiger partial charge in [0, 0.05) is 5.56 Å². The van der Waals surface area contributed by atoms with E-state index in [2.05, 4.69) is 19.2 Å². The van der Waals surface area contributed by atoms with Crippen molar-refractivity contribution in [3.05, 3.63) is 59.2 Å². The van der Waals surface area contributed by atoms with Gasteiger partial charge in [-0.1, -0.05) is 26.0 Å². The summed E-state index contributed by atoms with van der Waals surface area (Å²) in [5.74, 6) is -0.157. The predicted molar refractivity (Wildman–Crippen MR) is 109 cm³/mol. The molecule has 0 atom stereocenters. The van der Waals surface area contributed by atoms with Crippen molar-refractivity contribution < 1.29 is 23.9 Å². The fourth-order valence-corrected chi connectivity index (χ4v) is 3.01. The molecule has 0 aromatic heterocycles. The van der Waals surface area contributed by atoms with Gasteiger partial charge in [-0.15, -0.1) is 0 Å². The van der Waals surface area contributed by atoms with E-state index in [9.17, 15) is 14.4 Å². The van der Waals surface area contributed by atoms with E-state index in [0.717, 1.165) is 10.5 Å². The first-order valence-corrected chi connectivity index (χ1v) is 9.09. The normalized spacial score (nSPS) is 15.7. The Labute approximate surface area is 168 Å². The number of amides is 4. The number of barbiturate groups is 1. The molecule has 1 fully saturated rings. The second-order valence-corrected chi connectivity index (χ2v) is 6.81. The standard InChI is InChI=1S/C22H22N2O5/c1-13(2)14-5-7-16(8-6-14)24-21(26)18(20(25)23-22(24)27)12-15-11-17(28-3)9-10-19(15)29-4/h5-13H,1-4H3,(H,23,25,27)/b18-12-. The molecule has 0 radical (unpaired) electrons. The number of rotatable bonds is 5. The monoisotopic (exact) mass is 394 g/mol. The number of anilines is 1. The van der Waals surface area contributed by atoms with E-state index in [1.807, 2.05) is 12.1 Å². The number of carbonyl (C=O) groups is 3. The van der Waals surface area contributed by atoms with Crippen molar-refractivity contribution in [3.63, 3.8) is 0 Å². The highest BCUT2D eigenvalue weighted by Crippen LogP contribution is 2.29. The average molecular weight is 394 g/mol. The van der Waals surface area contributed by atoms with Crippen molar-refractivity contribution in [1.29, 1.82) is 0 Å². The van der Waals surface area contributed by atoms with Gasteiger partial charge in [-0.25, -0.2) is 9.69 Å². The van der Waals surface area contributed by atoms with Gasteiger partial charge >= 0.3 is 6.03 Å². The summed E-state index contributed by atoms with van der Waals surface area (Å²) < 4.78 is 10.5. The quantitative estimate of drug-likeness (QED) is 0.620. The number of imide groups is 2. The number of benzene rings is 2. The SMILES string of the molecule is COc1ccc(OC)c(/C=C2/C(=O)NC(=O)N(c3ccc(C(C)C)cc3)C2=O)c1. The fourth-order valence-electron chi connectivity index (χ4n) is 3.01.